The number of aromatic carboxylic acids is 1. The Morgan fingerprint density at radius 3 is 2.75 bits per heavy atom. The topological polar surface area (TPSA) is 96.1 Å². The zero-order valence-corrected chi connectivity index (χ0v) is 10.9. The maximum atomic E-state index is 10.9. The summed E-state index contributed by atoms with van der Waals surface area (Å²) >= 11 is 0. The van der Waals surface area contributed by atoms with E-state index in [2.05, 4.69) is 9.97 Å². The van der Waals surface area contributed by atoms with E-state index < -0.39 is 5.97 Å². The molecule has 0 atom stereocenters. The van der Waals surface area contributed by atoms with Crippen LogP contribution in [-0.2, 0) is 0 Å². The van der Waals surface area contributed by atoms with Gasteiger partial charge in [-0.2, -0.15) is 10.2 Å². The van der Waals surface area contributed by atoms with Gasteiger partial charge in [0.2, 0.25) is 0 Å². The highest BCUT2D eigenvalue weighted by atomic mass is 16.5. The van der Waals surface area contributed by atoms with Crippen molar-refractivity contribution in [2.45, 2.75) is 13.8 Å². The smallest absolute Gasteiger partial charge is 0.339 e. The zero-order chi connectivity index (χ0) is 14.7. The number of benzene rings is 1. The van der Waals surface area contributed by atoms with E-state index in [1.54, 1.807) is 25.1 Å². The summed E-state index contributed by atoms with van der Waals surface area (Å²) in [6.45, 7) is 3.39. The summed E-state index contributed by atoms with van der Waals surface area (Å²) < 4.78 is 5.50. The van der Waals surface area contributed by atoms with Crippen LogP contribution < -0.4 is 4.74 Å². The predicted octanol–water partition coefficient (Wildman–Crippen LogP) is 2.46. The highest BCUT2D eigenvalue weighted by molar-refractivity contribution is 5.88. The third-order valence-corrected chi connectivity index (χ3v) is 2.71. The quantitative estimate of drug-likeness (QED) is 0.919. The first-order valence-electron chi connectivity index (χ1n) is 5.77. The first-order chi connectivity index (χ1) is 9.51. The summed E-state index contributed by atoms with van der Waals surface area (Å²) in [6, 6.07) is 7.09. The summed E-state index contributed by atoms with van der Waals surface area (Å²) in [5.41, 5.74) is 1.63. The maximum absolute atomic E-state index is 10.9. The van der Waals surface area contributed by atoms with Crippen molar-refractivity contribution >= 4 is 5.97 Å². The fourth-order valence-corrected chi connectivity index (χ4v) is 1.58. The summed E-state index contributed by atoms with van der Waals surface area (Å²) in [5, 5.41) is 17.8. The van der Waals surface area contributed by atoms with Gasteiger partial charge in [-0.3, -0.25) is 0 Å². The van der Waals surface area contributed by atoms with E-state index in [4.69, 9.17) is 15.1 Å². The van der Waals surface area contributed by atoms with Gasteiger partial charge in [-0.1, -0.05) is 6.07 Å². The lowest BCUT2D eigenvalue weighted by atomic mass is 10.1. The second-order valence-corrected chi connectivity index (χ2v) is 4.15. The second-order valence-electron chi connectivity index (χ2n) is 4.15. The van der Waals surface area contributed by atoms with E-state index >= 15 is 0 Å². The fraction of sp³-hybridized carbons (Fsp3) is 0.143. The number of carboxylic acid groups (broad SMARTS) is 1. The van der Waals surface area contributed by atoms with Crippen LogP contribution in [0.4, 0.5) is 0 Å². The Balaban J connectivity index is 2.33. The molecule has 1 N–H and O–H groups in total. The van der Waals surface area contributed by atoms with Crippen molar-refractivity contribution in [3.8, 4) is 17.8 Å². The Hall–Kier alpha value is -2.94. The van der Waals surface area contributed by atoms with Gasteiger partial charge in [-0.15, -0.1) is 0 Å². The molecular formula is C14H11N3O3. The van der Waals surface area contributed by atoms with E-state index in [9.17, 15) is 4.79 Å². The minimum absolute atomic E-state index is 0.0276. The molecule has 0 spiro atoms. The van der Waals surface area contributed by atoms with Crippen LogP contribution in [0.1, 0.15) is 27.2 Å². The highest BCUT2D eigenvalue weighted by Gasteiger charge is 2.12. The zero-order valence-electron chi connectivity index (χ0n) is 10.9. The fourth-order valence-electron chi connectivity index (χ4n) is 1.58. The van der Waals surface area contributed by atoms with E-state index in [0.717, 1.165) is 5.56 Å². The third kappa shape index (κ3) is 2.72. The van der Waals surface area contributed by atoms with Gasteiger partial charge in [0.15, 0.2) is 0 Å². The van der Waals surface area contributed by atoms with Crippen LogP contribution in [0.3, 0.4) is 0 Å². The molecule has 0 bridgehead atoms. The predicted molar refractivity (Wildman–Crippen MR) is 69.7 cm³/mol. The van der Waals surface area contributed by atoms with Gasteiger partial charge in [0.05, 0.1) is 22.9 Å². The monoisotopic (exact) mass is 269 g/mol. The van der Waals surface area contributed by atoms with Gasteiger partial charge in [0.25, 0.3) is 0 Å². The van der Waals surface area contributed by atoms with Gasteiger partial charge < -0.3 is 9.84 Å². The molecule has 20 heavy (non-hydrogen) atoms. The molecule has 0 aliphatic rings. The molecular weight excluding hydrogens is 258 g/mol. The van der Waals surface area contributed by atoms with Gasteiger partial charge in [0, 0.05) is 6.20 Å². The van der Waals surface area contributed by atoms with Gasteiger partial charge in [-0.25, -0.2) is 9.78 Å². The molecule has 0 aliphatic heterocycles. The molecule has 2 rings (SSSR count). The lowest BCUT2D eigenvalue weighted by Gasteiger charge is -2.08. The molecule has 0 radical (unpaired) electrons. The van der Waals surface area contributed by atoms with Crippen molar-refractivity contribution in [3.05, 3.63) is 46.8 Å². The second kappa shape index (κ2) is 5.36. The van der Waals surface area contributed by atoms with E-state index in [1.165, 1.54) is 6.20 Å². The van der Waals surface area contributed by atoms with Crippen molar-refractivity contribution in [2.24, 2.45) is 0 Å². The molecule has 0 saturated carbocycles. The van der Waals surface area contributed by atoms with Crippen LogP contribution >= 0.6 is 0 Å². The number of hydrogen-bond acceptors (Lipinski definition) is 5. The SMILES string of the molecule is Cc1ccc(C#N)cc1Oc1ncc(C(=O)O)c(C)n1. The lowest BCUT2D eigenvalue weighted by Crippen LogP contribution is -2.04. The maximum Gasteiger partial charge on any atom is 0.339 e. The molecule has 6 nitrogen and oxygen atoms in total. The van der Waals surface area contributed by atoms with Crippen LogP contribution in [0.15, 0.2) is 24.4 Å². The molecule has 0 aliphatic carbocycles. The summed E-state index contributed by atoms with van der Waals surface area (Å²) in [4.78, 5) is 18.7. The molecule has 1 aromatic carbocycles. The number of nitriles is 1. The number of ether oxygens (including phenoxy) is 1. The molecule has 2 aromatic rings. The lowest BCUT2D eigenvalue weighted by molar-refractivity contribution is 0.0695. The number of hydrogen-bond donors (Lipinski definition) is 1. The van der Waals surface area contributed by atoms with Crippen LogP contribution in [-0.4, -0.2) is 21.0 Å². The number of aromatic nitrogens is 2. The van der Waals surface area contributed by atoms with Crippen molar-refractivity contribution in [1.29, 1.82) is 5.26 Å². The third-order valence-electron chi connectivity index (χ3n) is 2.71. The average Bonchev–Trinajstić information content (AvgIpc) is 2.41. The number of aryl methyl sites for hydroxylation is 2. The molecule has 0 amide bonds. The Morgan fingerprint density at radius 2 is 2.15 bits per heavy atom. The first-order valence-corrected chi connectivity index (χ1v) is 5.77. The van der Waals surface area contributed by atoms with Crippen LogP contribution in [0, 0.1) is 25.2 Å². The Kier molecular flexibility index (Phi) is 3.62. The molecule has 0 saturated heterocycles. The summed E-state index contributed by atoms with van der Waals surface area (Å²) in [5.74, 6) is -0.622. The number of carbonyl (C=O) groups is 1. The van der Waals surface area contributed by atoms with Crippen LogP contribution in [0.5, 0.6) is 11.8 Å². The van der Waals surface area contributed by atoms with E-state index in [0.29, 0.717) is 17.0 Å². The number of nitrogens with zero attached hydrogens (tertiary/aromatic N) is 3. The molecule has 0 unspecified atom stereocenters. The molecule has 0 fully saturated rings. The minimum atomic E-state index is -1.09. The Labute approximate surface area is 115 Å². The number of rotatable bonds is 3. The molecule has 100 valence electrons. The average molecular weight is 269 g/mol. The standard InChI is InChI=1S/C14H11N3O3/c1-8-3-4-10(6-15)5-12(8)20-14-16-7-11(13(18)19)9(2)17-14/h3-5,7H,1-2H3,(H,18,19). The molecule has 6 heteroatoms. The first kappa shape index (κ1) is 13.5. The minimum Gasteiger partial charge on any atom is -0.478 e. The van der Waals surface area contributed by atoms with Crippen molar-refractivity contribution in [1.82, 2.24) is 9.97 Å². The molecule has 1 heterocycles. The Morgan fingerprint density at radius 1 is 1.40 bits per heavy atom. The Bertz CT molecular complexity index is 720. The van der Waals surface area contributed by atoms with Crippen molar-refractivity contribution < 1.29 is 14.6 Å². The van der Waals surface area contributed by atoms with Gasteiger partial charge in [-0.05, 0) is 31.5 Å². The van der Waals surface area contributed by atoms with Gasteiger partial charge in [0.1, 0.15) is 5.75 Å². The van der Waals surface area contributed by atoms with Crippen LogP contribution in [0.25, 0.3) is 0 Å². The van der Waals surface area contributed by atoms with Crippen LogP contribution in [0.2, 0.25) is 0 Å². The largest absolute Gasteiger partial charge is 0.478 e. The highest BCUT2D eigenvalue weighted by Crippen LogP contribution is 2.24. The van der Waals surface area contributed by atoms with E-state index in [-0.39, 0.29) is 11.6 Å². The van der Waals surface area contributed by atoms with Crippen molar-refractivity contribution in [2.75, 3.05) is 0 Å². The summed E-state index contributed by atoms with van der Waals surface area (Å²) in [7, 11) is 0. The van der Waals surface area contributed by atoms with Crippen molar-refractivity contribution in [3.63, 3.8) is 0 Å². The number of carboxylic acids is 1. The van der Waals surface area contributed by atoms with E-state index in [1.807, 2.05) is 13.0 Å². The van der Waals surface area contributed by atoms with Gasteiger partial charge >= 0.3 is 12.0 Å². The normalized spacial score (nSPS) is 9.85. The summed E-state index contributed by atoms with van der Waals surface area (Å²) in [6.07, 6.45) is 1.20. The molecule has 1 aromatic heterocycles.